The molecule has 1 aromatic rings. The molecule has 1 rings (SSSR count). The lowest BCUT2D eigenvalue weighted by Gasteiger charge is -2.05. The zero-order valence-electron chi connectivity index (χ0n) is 6.62. The van der Waals surface area contributed by atoms with E-state index in [1.165, 1.54) is 0 Å². The lowest BCUT2D eigenvalue weighted by Crippen LogP contribution is -2.06. The molecule has 0 aliphatic carbocycles. The molecule has 0 amide bonds. The van der Waals surface area contributed by atoms with Crippen LogP contribution in [0.15, 0.2) is 31.0 Å². The molecular formula is C9H12N2. The van der Waals surface area contributed by atoms with Crippen LogP contribution in [0.5, 0.6) is 0 Å². The molecule has 2 nitrogen and oxygen atoms in total. The molecule has 0 bridgehead atoms. The summed E-state index contributed by atoms with van der Waals surface area (Å²) in [4.78, 5) is 4.07. The summed E-state index contributed by atoms with van der Waals surface area (Å²) < 4.78 is 0. The highest BCUT2D eigenvalue weighted by Gasteiger charge is 1.99. The van der Waals surface area contributed by atoms with E-state index in [0.717, 1.165) is 11.3 Å². The molecule has 2 heteroatoms. The second-order valence-corrected chi connectivity index (χ2v) is 2.49. The normalized spacial score (nSPS) is 12.5. The van der Waals surface area contributed by atoms with Gasteiger partial charge >= 0.3 is 0 Å². The number of hydrogen-bond donors (Lipinski definition) is 1. The summed E-state index contributed by atoms with van der Waals surface area (Å²) in [5.41, 5.74) is 7.77. The first-order chi connectivity index (χ1) is 5.24. The van der Waals surface area contributed by atoms with Gasteiger partial charge in [0.05, 0.1) is 0 Å². The van der Waals surface area contributed by atoms with E-state index in [4.69, 9.17) is 5.73 Å². The molecule has 58 valence electrons. The summed E-state index contributed by atoms with van der Waals surface area (Å²) in [6, 6.07) is 3.79. The molecule has 11 heavy (non-hydrogen) atoms. The summed E-state index contributed by atoms with van der Waals surface area (Å²) >= 11 is 0. The first kappa shape index (κ1) is 7.95. The first-order valence-corrected chi connectivity index (χ1v) is 3.54. The molecule has 0 fully saturated rings. The molecule has 0 aliphatic heterocycles. The van der Waals surface area contributed by atoms with Crippen LogP contribution >= 0.6 is 0 Å². The van der Waals surface area contributed by atoms with E-state index >= 15 is 0 Å². The van der Waals surface area contributed by atoms with Crippen molar-refractivity contribution in [2.45, 2.75) is 13.0 Å². The third-order valence-corrected chi connectivity index (χ3v) is 1.56. The molecule has 0 saturated carbocycles. The molecule has 0 saturated heterocycles. The molecular weight excluding hydrogens is 136 g/mol. The van der Waals surface area contributed by atoms with E-state index in [0.29, 0.717) is 0 Å². The third kappa shape index (κ3) is 1.88. The maximum Gasteiger partial charge on any atom is 0.0479 e. The van der Waals surface area contributed by atoms with Gasteiger partial charge in [0.1, 0.15) is 0 Å². The van der Waals surface area contributed by atoms with Crippen LogP contribution in [0.25, 0.3) is 0 Å². The van der Waals surface area contributed by atoms with Gasteiger partial charge in [0.25, 0.3) is 0 Å². The Labute approximate surface area is 66.8 Å². The fourth-order valence-electron chi connectivity index (χ4n) is 0.911. The fraction of sp³-hybridized carbons (Fsp3) is 0.222. The van der Waals surface area contributed by atoms with E-state index in [1.54, 1.807) is 12.3 Å². The minimum Gasteiger partial charge on any atom is -0.321 e. The van der Waals surface area contributed by atoms with Crippen LogP contribution in [0.4, 0.5) is 0 Å². The van der Waals surface area contributed by atoms with Gasteiger partial charge in [0.15, 0.2) is 0 Å². The summed E-state index contributed by atoms with van der Waals surface area (Å²) in [6.07, 6.45) is 3.47. The maximum absolute atomic E-state index is 5.72. The van der Waals surface area contributed by atoms with Crippen molar-refractivity contribution >= 4 is 0 Å². The standard InChI is InChI=1S/C9H12N2/c1-3-9(10)8-4-5-11-7(2)6-8/h3-6,9H,1,10H2,2H3. The van der Waals surface area contributed by atoms with Gasteiger partial charge in [0, 0.05) is 17.9 Å². The highest BCUT2D eigenvalue weighted by Crippen LogP contribution is 2.10. The molecule has 1 heterocycles. The fourth-order valence-corrected chi connectivity index (χ4v) is 0.911. The van der Waals surface area contributed by atoms with Crippen LogP contribution < -0.4 is 5.73 Å². The molecule has 0 aliphatic rings. The Morgan fingerprint density at radius 3 is 3.00 bits per heavy atom. The van der Waals surface area contributed by atoms with E-state index < -0.39 is 0 Å². The predicted molar refractivity (Wildman–Crippen MR) is 46.1 cm³/mol. The Hall–Kier alpha value is -1.15. The highest BCUT2D eigenvalue weighted by atomic mass is 14.7. The van der Waals surface area contributed by atoms with Gasteiger partial charge in [-0.2, -0.15) is 0 Å². The van der Waals surface area contributed by atoms with Crippen molar-refractivity contribution in [3.05, 3.63) is 42.2 Å². The summed E-state index contributed by atoms with van der Waals surface area (Å²) in [5, 5.41) is 0. The molecule has 1 atom stereocenters. The minimum atomic E-state index is -0.0725. The van der Waals surface area contributed by atoms with Crippen LogP contribution in [0, 0.1) is 6.92 Å². The quantitative estimate of drug-likeness (QED) is 0.646. The Bertz CT molecular complexity index is 255. The van der Waals surface area contributed by atoms with Crippen LogP contribution in [0.2, 0.25) is 0 Å². The van der Waals surface area contributed by atoms with E-state index in [1.807, 2.05) is 19.1 Å². The second kappa shape index (κ2) is 3.30. The van der Waals surface area contributed by atoms with Gasteiger partial charge < -0.3 is 5.73 Å². The lowest BCUT2D eigenvalue weighted by molar-refractivity contribution is 0.904. The average molecular weight is 148 g/mol. The zero-order valence-corrected chi connectivity index (χ0v) is 6.62. The second-order valence-electron chi connectivity index (χ2n) is 2.49. The Morgan fingerprint density at radius 2 is 2.45 bits per heavy atom. The number of rotatable bonds is 2. The van der Waals surface area contributed by atoms with Crippen molar-refractivity contribution in [2.24, 2.45) is 5.73 Å². The van der Waals surface area contributed by atoms with Gasteiger partial charge in [-0.25, -0.2) is 0 Å². The van der Waals surface area contributed by atoms with Crippen molar-refractivity contribution in [3.8, 4) is 0 Å². The van der Waals surface area contributed by atoms with Crippen molar-refractivity contribution in [3.63, 3.8) is 0 Å². The number of hydrogen-bond acceptors (Lipinski definition) is 2. The summed E-state index contributed by atoms with van der Waals surface area (Å²) in [7, 11) is 0. The van der Waals surface area contributed by atoms with Crippen LogP contribution in [0.1, 0.15) is 17.3 Å². The highest BCUT2D eigenvalue weighted by molar-refractivity contribution is 5.21. The van der Waals surface area contributed by atoms with Crippen molar-refractivity contribution in [1.82, 2.24) is 4.98 Å². The number of aryl methyl sites for hydroxylation is 1. The van der Waals surface area contributed by atoms with Crippen LogP contribution in [-0.2, 0) is 0 Å². The largest absolute Gasteiger partial charge is 0.321 e. The van der Waals surface area contributed by atoms with Gasteiger partial charge in [0.2, 0.25) is 0 Å². The topological polar surface area (TPSA) is 38.9 Å². The lowest BCUT2D eigenvalue weighted by atomic mass is 10.1. The smallest absolute Gasteiger partial charge is 0.0479 e. The van der Waals surface area contributed by atoms with E-state index in [9.17, 15) is 0 Å². The Morgan fingerprint density at radius 1 is 1.73 bits per heavy atom. The van der Waals surface area contributed by atoms with Gasteiger partial charge in [-0.3, -0.25) is 4.98 Å². The maximum atomic E-state index is 5.72. The Kier molecular flexibility index (Phi) is 2.39. The first-order valence-electron chi connectivity index (χ1n) is 3.54. The van der Waals surface area contributed by atoms with Crippen LogP contribution in [0.3, 0.4) is 0 Å². The minimum absolute atomic E-state index is 0.0725. The SMILES string of the molecule is C=CC(N)c1ccnc(C)c1. The average Bonchev–Trinajstić information content (AvgIpc) is 2.03. The Balaban J connectivity index is 2.95. The van der Waals surface area contributed by atoms with E-state index in [-0.39, 0.29) is 6.04 Å². The summed E-state index contributed by atoms with van der Waals surface area (Å²) in [6.45, 7) is 5.56. The van der Waals surface area contributed by atoms with Gasteiger partial charge in [-0.15, -0.1) is 6.58 Å². The number of aromatic nitrogens is 1. The summed E-state index contributed by atoms with van der Waals surface area (Å²) in [5.74, 6) is 0. The monoisotopic (exact) mass is 148 g/mol. The number of pyridine rings is 1. The number of nitrogens with two attached hydrogens (primary N) is 1. The van der Waals surface area contributed by atoms with Crippen molar-refractivity contribution < 1.29 is 0 Å². The zero-order chi connectivity index (χ0) is 8.27. The number of nitrogens with zero attached hydrogens (tertiary/aromatic N) is 1. The van der Waals surface area contributed by atoms with Crippen molar-refractivity contribution in [1.29, 1.82) is 0 Å². The predicted octanol–water partition coefficient (Wildman–Crippen LogP) is 1.58. The third-order valence-electron chi connectivity index (χ3n) is 1.56. The van der Waals surface area contributed by atoms with Crippen molar-refractivity contribution in [2.75, 3.05) is 0 Å². The van der Waals surface area contributed by atoms with Gasteiger partial charge in [-0.1, -0.05) is 6.08 Å². The van der Waals surface area contributed by atoms with Gasteiger partial charge in [-0.05, 0) is 24.6 Å². The molecule has 2 N–H and O–H groups in total. The molecule has 1 unspecified atom stereocenters. The molecule has 0 radical (unpaired) electrons. The molecule has 0 spiro atoms. The molecule has 0 aromatic carbocycles. The van der Waals surface area contributed by atoms with E-state index in [2.05, 4.69) is 11.6 Å². The molecule has 1 aromatic heterocycles. The van der Waals surface area contributed by atoms with Crippen LogP contribution in [-0.4, -0.2) is 4.98 Å².